The lowest BCUT2D eigenvalue weighted by atomic mass is 9.97. The van der Waals surface area contributed by atoms with Crippen molar-refractivity contribution in [3.05, 3.63) is 29.3 Å². The molecule has 3 N–H and O–H groups in total. The van der Waals surface area contributed by atoms with E-state index in [2.05, 4.69) is 20.7 Å². The van der Waals surface area contributed by atoms with E-state index < -0.39 is 73.3 Å². The minimum Gasteiger partial charge on any atom is -0.459 e. The van der Waals surface area contributed by atoms with Crippen LogP contribution in [0.2, 0.25) is 0 Å². The summed E-state index contributed by atoms with van der Waals surface area (Å²) in [5.74, 6) is -1.41. The van der Waals surface area contributed by atoms with Gasteiger partial charge in [0.2, 0.25) is 21.8 Å². The van der Waals surface area contributed by atoms with Gasteiger partial charge < -0.3 is 29.7 Å². The first-order valence-electron chi connectivity index (χ1n) is 22.1. The Hall–Kier alpha value is -4.29. The second-order valence-corrected chi connectivity index (χ2v) is 22.7. The van der Waals surface area contributed by atoms with Gasteiger partial charge in [0.15, 0.2) is 0 Å². The summed E-state index contributed by atoms with van der Waals surface area (Å²) in [6.45, 7) is 16.2. The van der Waals surface area contributed by atoms with Crippen molar-refractivity contribution in [1.29, 1.82) is 0 Å². The minimum absolute atomic E-state index is 0.0181. The van der Waals surface area contributed by atoms with Crippen LogP contribution in [0.1, 0.15) is 131 Å². The second-order valence-electron chi connectivity index (χ2n) is 19.7. The van der Waals surface area contributed by atoms with Crippen molar-refractivity contribution in [1.82, 2.24) is 34.8 Å². The van der Waals surface area contributed by atoms with E-state index in [1.807, 2.05) is 50.5 Å². The molecule has 5 aliphatic rings. The molecule has 2 saturated heterocycles. The molecule has 4 heterocycles. The number of alkyl carbamates (subject to hydrolysis) is 1. The van der Waals surface area contributed by atoms with Gasteiger partial charge in [-0.3, -0.25) is 23.7 Å². The molecular weight excluding hydrogens is 835 g/mol. The van der Waals surface area contributed by atoms with Crippen molar-refractivity contribution >= 4 is 56.2 Å². The van der Waals surface area contributed by atoms with Crippen LogP contribution in [0, 0.1) is 11.3 Å². The zero-order chi connectivity index (χ0) is 44.6. The maximum absolute atomic E-state index is 14.7. The summed E-state index contributed by atoms with van der Waals surface area (Å²) in [4.78, 5) is 67.9. The number of nitrogens with one attached hydrogen (secondary N) is 3. The zero-order valence-corrected chi connectivity index (χ0v) is 38.7. The Balaban J connectivity index is 1.09. The Morgan fingerprint density at radius 1 is 1.10 bits per heavy atom. The van der Waals surface area contributed by atoms with Gasteiger partial charge in [0.05, 0.1) is 22.5 Å². The highest BCUT2D eigenvalue weighted by Gasteiger charge is 2.83. The molecule has 5 fully saturated rings. The Morgan fingerprint density at radius 2 is 1.81 bits per heavy atom. The number of benzene rings is 1. The van der Waals surface area contributed by atoms with E-state index >= 15 is 0 Å². The lowest BCUT2D eigenvalue weighted by Crippen LogP contribution is -2.59. The van der Waals surface area contributed by atoms with Gasteiger partial charge in [-0.25, -0.2) is 18.2 Å². The summed E-state index contributed by atoms with van der Waals surface area (Å²) in [5, 5.41) is 8.69. The molecule has 1 aromatic carbocycles. The van der Waals surface area contributed by atoms with Crippen molar-refractivity contribution < 1.29 is 41.8 Å². The van der Waals surface area contributed by atoms with Crippen LogP contribution in [0.3, 0.4) is 0 Å². The Kier molecular flexibility index (Phi) is 11.5. The number of sulfonamides is 1. The number of thiazole rings is 1. The zero-order valence-electron chi connectivity index (χ0n) is 37.0. The number of amides is 4. The molecule has 0 bridgehead atoms. The van der Waals surface area contributed by atoms with Gasteiger partial charge in [0, 0.05) is 48.0 Å². The molecule has 3 aliphatic carbocycles. The lowest BCUT2D eigenvalue weighted by Gasteiger charge is -2.30. The smallest absolute Gasteiger partial charge is 0.408 e. The third-order valence-corrected chi connectivity index (χ3v) is 16.7. The largest absolute Gasteiger partial charge is 0.459 e. The van der Waals surface area contributed by atoms with Crippen molar-refractivity contribution in [2.24, 2.45) is 11.3 Å². The molecule has 18 heteroatoms. The molecule has 0 radical (unpaired) electrons. The number of para-hydroxylation sites is 1. The molecule has 6 atom stereocenters. The topological polar surface area (TPSA) is 200 Å². The Morgan fingerprint density at radius 3 is 2.42 bits per heavy atom. The summed E-state index contributed by atoms with van der Waals surface area (Å²) in [6.07, 6.45) is 3.09. The molecule has 338 valence electrons. The van der Waals surface area contributed by atoms with Crippen molar-refractivity contribution in [3.8, 4) is 16.6 Å². The number of hydrogen-bond donors (Lipinski definition) is 3. The number of carbonyl (C=O) groups is 4. The monoisotopic (exact) mass is 895 g/mol. The number of rotatable bonds is 14. The molecule has 62 heavy (non-hydrogen) atoms. The van der Waals surface area contributed by atoms with Crippen LogP contribution in [0.25, 0.3) is 21.6 Å². The Bertz CT molecular complexity index is 2360. The lowest BCUT2D eigenvalue weighted by molar-refractivity contribution is -0.141. The van der Waals surface area contributed by atoms with Gasteiger partial charge in [0.1, 0.15) is 39.9 Å². The molecule has 3 aromatic rings. The number of ether oxygens (including phenoxy) is 3. The number of carbonyl (C=O) groups excluding carboxylic acids is 4. The molecule has 3 saturated carbocycles. The van der Waals surface area contributed by atoms with Crippen LogP contribution in [0.15, 0.2) is 23.6 Å². The predicted octanol–water partition coefficient (Wildman–Crippen LogP) is 5.96. The number of aromatic nitrogens is 3. The summed E-state index contributed by atoms with van der Waals surface area (Å²) in [6, 6.07) is 4.08. The van der Waals surface area contributed by atoms with Crippen LogP contribution >= 0.6 is 11.3 Å². The van der Waals surface area contributed by atoms with E-state index in [0.717, 1.165) is 53.4 Å². The summed E-state index contributed by atoms with van der Waals surface area (Å²) in [5.41, 5.74) is 0.665. The number of nitrogens with zero attached hydrogens (tertiary/aromatic N) is 4. The van der Waals surface area contributed by atoms with E-state index in [9.17, 15) is 27.6 Å². The van der Waals surface area contributed by atoms with Gasteiger partial charge in [-0.15, -0.1) is 11.3 Å². The van der Waals surface area contributed by atoms with Crippen LogP contribution in [0.5, 0.6) is 6.01 Å². The molecule has 4 amide bonds. The minimum atomic E-state index is -3.99. The highest BCUT2D eigenvalue weighted by atomic mass is 32.2. The predicted molar refractivity (Wildman–Crippen MR) is 233 cm³/mol. The number of hydrogen-bond acceptors (Lipinski definition) is 12. The van der Waals surface area contributed by atoms with E-state index in [0.29, 0.717) is 44.0 Å². The molecule has 2 aliphatic heterocycles. The van der Waals surface area contributed by atoms with E-state index in [-0.39, 0.29) is 31.3 Å². The van der Waals surface area contributed by atoms with E-state index in [1.54, 1.807) is 39.0 Å². The van der Waals surface area contributed by atoms with Crippen LogP contribution in [-0.2, 0) is 33.9 Å². The number of imidazole rings is 1. The number of likely N-dealkylation sites (tertiary alicyclic amines) is 1. The van der Waals surface area contributed by atoms with Crippen LogP contribution in [0.4, 0.5) is 4.79 Å². The molecule has 1 unspecified atom stereocenters. The van der Waals surface area contributed by atoms with Crippen LogP contribution in [-0.4, -0.2) is 106 Å². The highest BCUT2D eigenvalue weighted by Crippen LogP contribution is 2.76. The second kappa shape index (κ2) is 16.1. The third-order valence-electron chi connectivity index (χ3n) is 13.6. The van der Waals surface area contributed by atoms with Crippen molar-refractivity contribution in [2.75, 3.05) is 19.8 Å². The highest BCUT2D eigenvalue weighted by molar-refractivity contribution is 7.91. The average Bonchev–Trinajstić information content (AvgIpc) is 4.05. The SMILES string of the molecule is CCC[C@H](NC(=O)OC(C)(C)C)C(=O)N1C[C@H](Oc2nc3c(-c4nc(C5CCOCC5)cs4)cccc3n2C(C)C)C[C@H]1C(=O)N[C@]1(C(=O)NS(=O)(=O)C2(C)CC2)CC12C[C@H]2C. The van der Waals surface area contributed by atoms with E-state index in [1.165, 1.54) is 4.90 Å². The van der Waals surface area contributed by atoms with Crippen molar-refractivity contribution in [3.63, 3.8) is 0 Å². The molecule has 8 rings (SSSR count). The maximum Gasteiger partial charge on any atom is 0.408 e. The summed E-state index contributed by atoms with van der Waals surface area (Å²) < 4.78 is 47.6. The first kappa shape index (κ1) is 44.3. The fraction of sp³-hybridized carbons (Fsp3) is 0.682. The fourth-order valence-electron chi connectivity index (χ4n) is 9.52. The van der Waals surface area contributed by atoms with Gasteiger partial charge in [-0.1, -0.05) is 26.3 Å². The normalized spacial score (nSPS) is 27.2. The van der Waals surface area contributed by atoms with Gasteiger partial charge >= 0.3 is 6.09 Å². The fourth-order valence-corrected chi connectivity index (χ4v) is 11.8. The summed E-state index contributed by atoms with van der Waals surface area (Å²) >= 11 is 1.58. The van der Waals surface area contributed by atoms with Gasteiger partial charge in [0.25, 0.3) is 11.9 Å². The molecule has 2 aromatic heterocycles. The molecule has 1 spiro atoms. The van der Waals surface area contributed by atoms with E-state index in [4.69, 9.17) is 24.2 Å². The standard InChI is InChI=1S/C44H61N7O9S2/c1-9-11-30(46-40(55)60-41(5,6)7)37(53)50-22-28(20-33(50)35(52)48-44(24-43(44)21-26(43)4)38(54)49-62(56,57)42(8)16-17-42)59-39-47-34-29(12-10-13-32(34)51(39)25(2)3)36-45-31(23-61-36)27-14-18-58-19-15-27/h10,12-13,23,25-28,30,33H,9,11,14-22,24H2,1-8H3,(H,46,55)(H,48,52)(H,49,54)/t26-,28-,30+,33+,43?,44+/m1/s1. The quantitative estimate of drug-likeness (QED) is 0.173. The van der Waals surface area contributed by atoms with Crippen molar-refractivity contribution in [2.45, 2.75) is 159 Å². The van der Waals surface area contributed by atoms with Crippen LogP contribution < -0.4 is 20.1 Å². The number of fused-ring (bicyclic) bond motifs is 1. The third kappa shape index (κ3) is 8.19. The maximum atomic E-state index is 14.7. The van der Waals surface area contributed by atoms with Gasteiger partial charge in [-0.2, -0.15) is 4.98 Å². The summed E-state index contributed by atoms with van der Waals surface area (Å²) in [7, 11) is -3.99. The average molecular weight is 896 g/mol. The molecule has 16 nitrogen and oxygen atoms in total. The first-order chi connectivity index (χ1) is 29.2. The first-order valence-corrected chi connectivity index (χ1v) is 24.5. The van der Waals surface area contributed by atoms with Gasteiger partial charge in [-0.05, 0) is 105 Å². The Labute approximate surface area is 367 Å². The molecular formula is C44H61N7O9S2.